The van der Waals surface area contributed by atoms with E-state index in [0.717, 1.165) is 17.3 Å². The van der Waals surface area contributed by atoms with Gasteiger partial charge in [0.1, 0.15) is 0 Å². The zero-order valence-electron chi connectivity index (χ0n) is 7.18. The molecule has 0 amide bonds. The van der Waals surface area contributed by atoms with Gasteiger partial charge in [-0.1, -0.05) is 28.9 Å². The molecular formula is C10H13BrO. The molecule has 1 aromatic carbocycles. The van der Waals surface area contributed by atoms with Gasteiger partial charge in [0.05, 0.1) is 0 Å². The van der Waals surface area contributed by atoms with Gasteiger partial charge in [0, 0.05) is 11.1 Å². The molecule has 1 rings (SSSR count). The molecule has 0 bridgehead atoms. The first kappa shape index (κ1) is 9.75. The minimum absolute atomic E-state index is 0.222. The Morgan fingerprint density at radius 3 is 2.50 bits per heavy atom. The van der Waals surface area contributed by atoms with Gasteiger partial charge >= 0.3 is 0 Å². The summed E-state index contributed by atoms with van der Waals surface area (Å²) in [5.41, 5.74) is 2.51. The van der Waals surface area contributed by atoms with Crippen molar-refractivity contribution in [3.8, 4) is 0 Å². The lowest BCUT2D eigenvalue weighted by Crippen LogP contribution is -1.92. The molecule has 0 saturated heterocycles. The van der Waals surface area contributed by atoms with Gasteiger partial charge in [-0.25, -0.2) is 0 Å². The third kappa shape index (κ3) is 2.61. The maximum atomic E-state index is 8.76. The van der Waals surface area contributed by atoms with Crippen LogP contribution in [0.5, 0.6) is 0 Å². The van der Waals surface area contributed by atoms with Gasteiger partial charge in [-0.2, -0.15) is 0 Å². The summed E-state index contributed by atoms with van der Waals surface area (Å²) in [5, 5.41) is 8.76. The molecule has 1 aromatic rings. The first-order valence-corrected chi connectivity index (χ1v) is 4.94. The van der Waals surface area contributed by atoms with E-state index in [1.165, 1.54) is 11.1 Å². The molecule has 0 aliphatic heterocycles. The van der Waals surface area contributed by atoms with Crippen LogP contribution >= 0.6 is 15.9 Å². The quantitative estimate of drug-likeness (QED) is 0.844. The van der Waals surface area contributed by atoms with E-state index < -0.39 is 0 Å². The van der Waals surface area contributed by atoms with Gasteiger partial charge in [0.2, 0.25) is 0 Å². The Hall–Kier alpha value is -0.340. The average Bonchev–Trinajstić information content (AvgIpc) is 2.04. The number of hydrogen-bond acceptors (Lipinski definition) is 1. The second-order valence-electron chi connectivity index (χ2n) is 2.79. The van der Waals surface area contributed by atoms with Crippen molar-refractivity contribution in [2.45, 2.75) is 19.8 Å². The third-order valence-electron chi connectivity index (χ3n) is 1.83. The molecule has 0 aliphatic carbocycles. The molecule has 66 valence electrons. The molecule has 0 aliphatic rings. The lowest BCUT2D eigenvalue weighted by Gasteiger charge is -2.03. The molecule has 1 nitrogen and oxygen atoms in total. The lowest BCUT2D eigenvalue weighted by molar-refractivity contribution is 0.299. The van der Waals surface area contributed by atoms with Crippen LogP contribution in [0.25, 0.3) is 0 Å². The number of aliphatic hydroxyl groups excluding tert-OH is 1. The summed E-state index contributed by atoms with van der Waals surface area (Å²) in [4.78, 5) is 0. The zero-order chi connectivity index (χ0) is 8.97. The highest BCUT2D eigenvalue weighted by Crippen LogP contribution is 2.16. The van der Waals surface area contributed by atoms with Crippen molar-refractivity contribution in [2.24, 2.45) is 0 Å². The number of hydrogen-bond donors (Lipinski definition) is 1. The highest BCUT2D eigenvalue weighted by atomic mass is 79.9. The summed E-state index contributed by atoms with van der Waals surface area (Å²) < 4.78 is 1.10. The van der Waals surface area contributed by atoms with Gasteiger partial charge in [-0.3, -0.25) is 0 Å². The molecular weight excluding hydrogens is 216 g/mol. The van der Waals surface area contributed by atoms with Gasteiger partial charge in [0.25, 0.3) is 0 Å². The van der Waals surface area contributed by atoms with E-state index in [9.17, 15) is 0 Å². The lowest BCUT2D eigenvalue weighted by atomic mass is 10.1. The maximum Gasteiger partial charge on any atom is 0.0471 e. The van der Waals surface area contributed by atoms with Crippen LogP contribution in [-0.4, -0.2) is 11.7 Å². The van der Waals surface area contributed by atoms with Crippen molar-refractivity contribution in [2.75, 3.05) is 6.61 Å². The molecule has 2 heteroatoms. The Bertz CT molecular complexity index is 258. The largest absolute Gasteiger partial charge is 0.396 e. The van der Waals surface area contributed by atoms with Gasteiger partial charge < -0.3 is 5.11 Å². The molecule has 0 saturated carbocycles. The van der Waals surface area contributed by atoms with Crippen LogP contribution in [0, 0.1) is 0 Å². The van der Waals surface area contributed by atoms with Crippen molar-refractivity contribution < 1.29 is 5.11 Å². The number of rotatable bonds is 3. The second-order valence-corrected chi connectivity index (χ2v) is 3.71. The predicted octanol–water partition coefficient (Wildman–Crippen LogP) is 2.55. The SMILES string of the molecule is CCc1cc(Br)cc(CCO)c1. The second kappa shape index (κ2) is 4.63. The maximum absolute atomic E-state index is 8.76. The molecule has 0 spiro atoms. The minimum Gasteiger partial charge on any atom is -0.396 e. The summed E-state index contributed by atoms with van der Waals surface area (Å²) in [6.45, 7) is 2.35. The van der Waals surface area contributed by atoms with E-state index in [2.05, 4.69) is 41.1 Å². The summed E-state index contributed by atoms with van der Waals surface area (Å²) >= 11 is 3.44. The summed E-state index contributed by atoms with van der Waals surface area (Å²) in [6, 6.07) is 6.30. The Morgan fingerprint density at radius 2 is 1.92 bits per heavy atom. The average molecular weight is 229 g/mol. The predicted molar refractivity (Wildman–Crippen MR) is 54.3 cm³/mol. The Balaban J connectivity index is 2.90. The smallest absolute Gasteiger partial charge is 0.0471 e. The van der Waals surface area contributed by atoms with Crippen molar-refractivity contribution in [1.29, 1.82) is 0 Å². The fourth-order valence-electron chi connectivity index (χ4n) is 1.19. The van der Waals surface area contributed by atoms with Crippen LogP contribution in [-0.2, 0) is 12.8 Å². The van der Waals surface area contributed by atoms with Crippen LogP contribution in [0.3, 0.4) is 0 Å². The summed E-state index contributed by atoms with van der Waals surface area (Å²) in [7, 11) is 0. The fourth-order valence-corrected chi connectivity index (χ4v) is 1.78. The third-order valence-corrected chi connectivity index (χ3v) is 2.28. The summed E-state index contributed by atoms with van der Waals surface area (Å²) in [6.07, 6.45) is 1.78. The molecule has 0 unspecified atom stereocenters. The Morgan fingerprint density at radius 1 is 1.25 bits per heavy atom. The normalized spacial score (nSPS) is 10.2. The van der Waals surface area contributed by atoms with Crippen LogP contribution < -0.4 is 0 Å². The number of benzene rings is 1. The van der Waals surface area contributed by atoms with Crippen molar-refractivity contribution in [1.82, 2.24) is 0 Å². The standard InChI is InChI=1S/C10H13BrO/c1-2-8-5-9(3-4-12)7-10(11)6-8/h5-7,12H,2-4H2,1H3. The molecule has 0 fully saturated rings. The fraction of sp³-hybridized carbons (Fsp3) is 0.400. The molecule has 0 heterocycles. The topological polar surface area (TPSA) is 20.2 Å². The van der Waals surface area contributed by atoms with E-state index in [1.807, 2.05) is 0 Å². The number of aliphatic hydroxyl groups is 1. The molecule has 12 heavy (non-hydrogen) atoms. The zero-order valence-corrected chi connectivity index (χ0v) is 8.76. The van der Waals surface area contributed by atoms with E-state index in [4.69, 9.17) is 5.11 Å². The van der Waals surface area contributed by atoms with Gasteiger partial charge in [-0.15, -0.1) is 0 Å². The molecule has 0 atom stereocenters. The first-order chi connectivity index (χ1) is 5.76. The highest BCUT2D eigenvalue weighted by molar-refractivity contribution is 9.10. The highest BCUT2D eigenvalue weighted by Gasteiger charge is 1.97. The number of halogens is 1. The minimum atomic E-state index is 0.222. The van der Waals surface area contributed by atoms with Crippen LogP contribution in [0.15, 0.2) is 22.7 Å². The van der Waals surface area contributed by atoms with E-state index >= 15 is 0 Å². The van der Waals surface area contributed by atoms with E-state index in [-0.39, 0.29) is 6.61 Å². The monoisotopic (exact) mass is 228 g/mol. The summed E-state index contributed by atoms with van der Waals surface area (Å²) in [5.74, 6) is 0. The Kier molecular flexibility index (Phi) is 3.76. The van der Waals surface area contributed by atoms with Crippen molar-refractivity contribution >= 4 is 15.9 Å². The number of aryl methyl sites for hydroxylation is 1. The van der Waals surface area contributed by atoms with E-state index in [1.54, 1.807) is 0 Å². The Labute approximate surface area is 81.6 Å². The van der Waals surface area contributed by atoms with Crippen LogP contribution in [0.1, 0.15) is 18.1 Å². The van der Waals surface area contributed by atoms with Gasteiger partial charge in [-0.05, 0) is 36.1 Å². The van der Waals surface area contributed by atoms with Crippen LogP contribution in [0.2, 0.25) is 0 Å². The molecule has 0 radical (unpaired) electrons. The van der Waals surface area contributed by atoms with Crippen LogP contribution in [0.4, 0.5) is 0 Å². The van der Waals surface area contributed by atoms with Crippen molar-refractivity contribution in [3.05, 3.63) is 33.8 Å². The van der Waals surface area contributed by atoms with Crippen molar-refractivity contribution in [3.63, 3.8) is 0 Å². The first-order valence-electron chi connectivity index (χ1n) is 4.15. The van der Waals surface area contributed by atoms with E-state index in [0.29, 0.717) is 0 Å². The van der Waals surface area contributed by atoms with Gasteiger partial charge in [0.15, 0.2) is 0 Å². The molecule has 0 aromatic heterocycles. The molecule has 1 N–H and O–H groups in total.